The lowest BCUT2D eigenvalue weighted by Gasteiger charge is -2.19. The van der Waals surface area contributed by atoms with Crippen LogP contribution in [0.5, 0.6) is 5.75 Å². The van der Waals surface area contributed by atoms with Crippen LogP contribution in [0.4, 0.5) is 0 Å². The SMILES string of the molecule is COc1ccccc1-c1noc(CC(C)(C)CC(=O)O)n1. The largest absolute Gasteiger partial charge is 0.496 e. The van der Waals surface area contributed by atoms with Gasteiger partial charge in [0.2, 0.25) is 11.7 Å². The topological polar surface area (TPSA) is 85.5 Å². The van der Waals surface area contributed by atoms with Crippen LogP contribution >= 0.6 is 0 Å². The van der Waals surface area contributed by atoms with Crippen molar-refractivity contribution in [1.82, 2.24) is 10.1 Å². The standard InChI is InChI=1S/C15H18N2O4/c1-15(2,9-13(18)19)8-12-16-14(17-21-12)10-6-4-5-7-11(10)20-3/h4-7H,8-9H2,1-3H3,(H,18,19). The van der Waals surface area contributed by atoms with Gasteiger partial charge in [-0.15, -0.1) is 0 Å². The Morgan fingerprint density at radius 3 is 2.76 bits per heavy atom. The van der Waals surface area contributed by atoms with Gasteiger partial charge in [-0.05, 0) is 17.5 Å². The summed E-state index contributed by atoms with van der Waals surface area (Å²) in [7, 11) is 1.58. The number of carbonyl (C=O) groups is 1. The van der Waals surface area contributed by atoms with Crippen LogP contribution in [0.1, 0.15) is 26.2 Å². The van der Waals surface area contributed by atoms with Crippen LogP contribution in [0.3, 0.4) is 0 Å². The Hall–Kier alpha value is -2.37. The van der Waals surface area contributed by atoms with Gasteiger partial charge in [0.1, 0.15) is 5.75 Å². The van der Waals surface area contributed by atoms with Crippen LogP contribution in [0, 0.1) is 5.41 Å². The third-order valence-corrected chi connectivity index (χ3v) is 3.08. The van der Waals surface area contributed by atoms with Crippen LogP contribution < -0.4 is 4.74 Å². The fraction of sp³-hybridized carbons (Fsp3) is 0.400. The molecule has 0 atom stereocenters. The number of carboxylic acids is 1. The van der Waals surface area contributed by atoms with E-state index in [9.17, 15) is 4.79 Å². The van der Waals surface area contributed by atoms with Crippen molar-refractivity contribution in [3.05, 3.63) is 30.2 Å². The van der Waals surface area contributed by atoms with Crippen molar-refractivity contribution in [2.75, 3.05) is 7.11 Å². The predicted octanol–water partition coefficient (Wildman–Crippen LogP) is 2.79. The molecule has 0 saturated carbocycles. The minimum absolute atomic E-state index is 0.0410. The average Bonchev–Trinajstić information content (AvgIpc) is 2.84. The smallest absolute Gasteiger partial charge is 0.303 e. The predicted molar refractivity (Wildman–Crippen MR) is 76.0 cm³/mol. The Kier molecular flexibility index (Phi) is 4.26. The van der Waals surface area contributed by atoms with Crippen LogP contribution in [0.15, 0.2) is 28.8 Å². The van der Waals surface area contributed by atoms with Gasteiger partial charge in [-0.25, -0.2) is 0 Å². The molecule has 0 fully saturated rings. The van der Waals surface area contributed by atoms with Gasteiger partial charge in [-0.2, -0.15) is 4.98 Å². The van der Waals surface area contributed by atoms with Gasteiger partial charge in [-0.3, -0.25) is 4.79 Å². The summed E-state index contributed by atoms with van der Waals surface area (Å²) in [5.74, 6) is 0.676. The Labute approximate surface area is 122 Å². The summed E-state index contributed by atoms with van der Waals surface area (Å²) in [5.41, 5.74) is 0.294. The molecule has 1 aromatic heterocycles. The first kappa shape index (κ1) is 15.0. The van der Waals surface area contributed by atoms with E-state index in [4.69, 9.17) is 14.4 Å². The molecule has 21 heavy (non-hydrogen) atoms. The molecule has 0 aliphatic rings. The summed E-state index contributed by atoms with van der Waals surface area (Å²) in [4.78, 5) is 15.2. The number of carboxylic acid groups (broad SMARTS) is 1. The summed E-state index contributed by atoms with van der Waals surface area (Å²) < 4.78 is 10.5. The van der Waals surface area contributed by atoms with Gasteiger partial charge < -0.3 is 14.4 Å². The highest BCUT2D eigenvalue weighted by atomic mass is 16.5. The van der Waals surface area contributed by atoms with Gasteiger partial charge in [0.05, 0.1) is 19.1 Å². The molecule has 112 valence electrons. The van der Waals surface area contributed by atoms with E-state index in [0.717, 1.165) is 5.56 Å². The lowest BCUT2D eigenvalue weighted by Crippen LogP contribution is -2.19. The number of para-hydroxylation sites is 1. The second-order valence-corrected chi connectivity index (χ2v) is 5.62. The number of hydrogen-bond acceptors (Lipinski definition) is 5. The van der Waals surface area contributed by atoms with Crippen LogP contribution in [-0.2, 0) is 11.2 Å². The second kappa shape index (κ2) is 5.95. The van der Waals surface area contributed by atoms with Crippen molar-refractivity contribution < 1.29 is 19.2 Å². The quantitative estimate of drug-likeness (QED) is 0.880. The summed E-state index contributed by atoms with van der Waals surface area (Å²) in [6, 6.07) is 7.39. The van der Waals surface area contributed by atoms with Crippen molar-refractivity contribution in [3.8, 4) is 17.1 Å². The van der Waals surface area contributed by atoms with E-state index in [1.165, 1.54) is 0 Å². The molecule has 0 aliphatic heterocycles. The number of hydrogen-bond donors (Lipinski definition) is 1. The van der Waals surface area contributed by atoms with E-state index >= 15 is 0 Å². The molecule has 2 aromatic rings. The maximum atomic E-state index is 10.8. The zero-order valence-corrected chi connectivity index (χ0v) is 12.3. The van der Waals surface area contributed by atoms with Gasteiger partial charge in [-0.1, -0.05) is 31.1 Å². The molecule has 0 bridgehead atoms. The number of aliphatic carboxylic acids is 1. The summed E-state index contributed by atoms with van der Waals surface area (Å²) in [6.07, 6.45) is 0.445. The number of aromatic nitrogens is 2. The number of benzene rings is 1. The fourth-order valence-corrected chi connectivity index (χ4v) is 2.15. The van der Waals surface area contributed by atoms with E-state index in [-0.39, 0.29) is 6.42 Å². The maximum absolute atomic E-state index is 10.8. The van der Waals surface area contributed by atoms with Gasteiger partial charge >= 0.3 is 5.97 Å². The first-order chi connectivity index (χ1) is 9.91. The van der Waals surface area contributed by atoms with Crippen molar-refractivity contribution in [1.29, 1.82) is 0 Å². The van der Waals surface area contributed by atoms with Gasteiger partial charge in [0, 0.05) is 6.42 Å². The van der Waals surface area contributed by atoms with Gasteiger partial charge in [0.15, 0.2) is 0 Å². The van der Waals surface area contributed by atoms with E-state index in [0.29, 0.717) is 23.9 Å². The molecule has 1 heterocycles. The zero-order chi connectivity index (χ0) is 15.5. The Morgan fingerprint density at radius 2 is 2.10 bits per heavy atom. The van der Waals surface area contributed by atoms with Crippen molar-refractivity contribution in [2.45, 2.75) is 26.7 Å². The molecule has 0 unspecified atom stereocenters. The second-order valence-electron chi connectivity index (χ2n) is 5.62. The molecule has 6 heteroatoms. The minimum Gasteiger partial charge on any atom is -0.496 e. The van der Waals surface area contributed by atoms with Crippen molar-refractivity contribution in [3.63, 3.8) is 0 Å². The first-order valence-electron chi connectivity index (χ1n) is 6.59. The van der Waals surface area contributed by atoms with Crippen LogP contribution in [0.2, 0.25) is 0 Å². The average molecular weight is 290 g/mol. The third-order valence-electron chi connectivity index (χ3n) is 3.08. The monoisotopic (exact) mass is 290 g/mol. The fourth-order valence-electron chi connectivity index (χ4n) is 2.15. The molecule has 0 radical (unpaired) electrons. The van der Waals surface area contributed by atoms with Crippen molar-refractivity contribution >= 4 is 5.97 Å². The van der Waals surface area contributed by atoms with Crippen LogP contribution in [0.25, 0.3) is 11.4 Å². The van der Waals surface area contributed by atoms with E-state index in [1.807, 2.05) is 38.1 Å². The minimum atomic E-state index is -0.843. The van der Waals surface area contributed by atoms with E-state index in [1.54, 1.807) is 7.11 Å². The van der Waals surface area contributed by atoms with E-state index in [2.05, 4.69) is 10.1 Å². The number of methoxy groups -OCH3 is 1. The first-order valence-corrected chi connectivity index (χ1v) is 6.59. The highest BCUT2D eigenvalue weighted by molar-refractivity contribution is 5.67. The lowest BCUT2D eigenvalue weighted by molar-refractivity contribution is -0.139. The highest BCUT2D eigenvalue weighted by Gasteiger charge is 2.25. The zero-order valence-electron chi connectivity index (χ0n) is 12.3. The molecule has 6 nitrogen and oxygen atoms in total. The van der Waals surface area contributed by atoms with E-state index < -0.39 is 11.4 Å². The maximum Gasteiger partial charge on any atom is 0.303 e. The molecule has 0 spiro atoms. The van der Waals surface area contributed by atoms with Gasteiger partial charge in [0.25, 0.3) is 0 Å². The normalized spacial score (nSPS) is 11.4. The molecule has 1 N–H and O–H groups in total. The summed E-state index contributed by atoms with van der Waals surface area (Å²) in [6.45, 7) is 3.71. The van der Waals surface area contributed by atoms with Crippen molar-refractivity contribution in [2.24, 2.45) is 5.41 Å². The Balaban J connectivity index is 2.20. The molecular formula is C15H18N2O4. The molecule has 1 aromatic carbocycles. The third kappa shape index (κ3) is 3.81. The Bertz CT molecular complexity index is 634. The molecule has 0 saturated heterocycles. The molecular weight excluding hydrogens is 272 g/mol. The summed E-state index contributed by atoms with van der Waals surface area (Å²) in [5, 5.41) is 12.8. The number of rotatable bonds is 6. The number of ether oxygens (including phenoxy) is 1. The lowest BCUT2D eigenvalue weighted by atomic mass is 9.86. The molecule has 2 rings (SSSR count). The summed E-state index contributed by atoms with van der Waals surface area (Å²) >= 11 is 0. The van der Waals surface area contributed by atoms with Crippen LogP contribution in [-0.4, -0.2) is 28.3 Å². The highest BCUT2D eigenvalue weighted by Crippen LogP contribution is 2.29. The molecule has 0 aliphatic carbocycles. The number of nitrogens with zero attached hydrogens (tertiary/aromatic N) is 2. The molecule has 0 amide bonds. The Morgan fingerprint density at radius 1 is 1.38 bits per heavy atom.